The number of hydrogen-bond donors (Lipinski definition) is 2. The molecule has 1 aromatic carbocycles. The first-order valence-corrected chi connectivity index (χ1v) is 7.70. The van der Waals surface area contributed by atoms with Crippen LogP contribution >= 0.6 is 12.4 Å². The monoisotopic (exact) mass is 371 g/mol. The van der Waals surface area contributed by atoms with Crippen LogP contribution in [0.1, 0.15) is 21.6 Å². The highest BCUT2D eigenvalue weighted by atomic mass is 35.5. The van der Waals surface area contributed by atoms with Crippen molar-refractivity contribution in [3.05, 3.63) is 78.0 Å². The van der Waals surface area contributed by atoms with Crippen LogP contribution in [0.2, 0.25) is 0 Å². The van der Waals surface area contributed by atoms with Crippen LogP contribution in [0.5, 0.6) is 11.6 Å². The number of pyridine rings is 1. The van der Waals surface area contributed by atoms with Crippen LogP contribution in [-0.4, -0.2) is 20.9 Å². The number of nitrogens with zero attached hydrogens (tertiary/aromatic N) is 3. The second-order valence-corrected chi connectivity index (χ2v) is 5.22. The van der Waals surface area contributed by atoms with E-state index in [4.69, 9.17) is 10.5 Å². The number of amides is 1. The molecule has 0 aliphatic rings. The van der Waals surface area contributed by atoms with Crippen molar-refractivity contribution in [1.29, 1.82) is 0 Å². The van der Waals surface area contributed by atoms with Crippen molar-refractivity contribution in [1.82, 2.24) is 20.3 Å². The summed E-state index contributed by atoms with van der Waals surface area (Å²) < 4.78 is 5.71. The molecule has 0 spiro atoms. The zero-order valence-electron chi connectivity index (χ0n) is 13.8. The third-order valence-corrected chi connectivity index (χ3v) is 3.40. The summed E-state index contributed by atoms with van der Waals surface area (Å²) in [6.45, 7) is 0.710. The fourth-order valence-corrected chi connectivity index (χ4v) is 2.15. The number of carbonyl (C=O) groups excluding carboxylic acids is 1. The van der Waals surface area contributed by atoms with Crippen LogP contribution < -0.4 is 15.8 Å². The number of benzene rings is 1. The highest BCUT2D eigenvalue weighted by Gasteiger charge is 2.08. The number of nitrogens with two attached hydrogens (primary N) is 1. The van der Waals surface area contributed by atoms with Gasteiger partial charge in [-0.1, -0.05) is 6.07 Å². The molecule has 0 saturated carbocycles. The molecule has 8 heteroatoms. The summed E-state index contributed by atoms with van der Waals surface area (Å²) in [5, 5.41) is 2.80. The van der Waals surface area contributed by atoms with E-state index < -0.39 is 0 Å². The first-order valence-electron chi connectivity index (χ1n) is 7.70. The average Bonchev–Trinajstić information content (AvgIpc) is 2.67. The van der Waals surface area contributed by atoms with Gasteiger partial charge in [-0.05, 0) is 29.8 Å². The van der Waals surface area contributed by atoms with Crippen LogP contribution in [0.3, 0.4) is 0 Å². The van der Waals surface area contributed by atoms with Gasteiger partial charge in [0.1, 0.15) is 5.75 Å². The molecule has 0 fully saturated rings. The molecule has 0 aliphatic heterocycles. The maximum atomic E-state index is 12.3. The minimum atomic E-state index is -0.222. The van der Waals surface area contributed by atoms with Crippen LogP contribution in [-0.2, 0) is 13.1 Å². The zero-order chi connectivity index (χ0) is 17.5. The standard InChI is InChI=1S/C18H17N5O2.ClH/c19-10-13-4-5-22-17(8-13)25-16-3-1-2-14(9-16)18(24)23-12-15-11-20-6-7-21-15;/h1-9,11H,10,12,19H2,(H,23,24);1H. The molecule has 2 aromatic heterocycles. The smallest absolute Gasteiger partial charge is 0.251 e. The summed E-state index contributed by atoms with van der Waals surface area (Å²) in [7, 11) is 0. The van der Waals surface area contributed by atoms with Crippen molar-refractivity contribution in [2.24, 2.45) is 5.73 Å². The van der Waals surface area contributed by atoms with Gasteiger partial charge in [-0.2, -0.15) is 0 Å². The Hall–Kier alpha value is -3.03. The lowest BCUT2D eigenvalue weighted by Crippen LogP contribution is -2.23. The van der Waals surface area contributed by atoms with Gasteiger partial charge in [0, 0.05) is 36.8 Å². The molecular weight excluding hydrogens is 354 g/mol. The van der Waals surface area contributed by atoms with E-state index in [9.17, 15) is 4.79 Å². The molecule has 0 aliphatic carbocycles. The summed E-state index contributed by atoms with van der Waals surface area (Å²) in [4.78, 5) is 24.5. The molecule has 3 N–H and O–H groups in total. The van der Waals surface area contributed by atoms with E-state index in [1.807, 2.05) is 6.07 Å². The Bertz CT molecular complexity index is 861. The molecule has 26 heavy (non-hydrogen) atoms. The maximum absolute atomic E-state index is 12.3. The molecule has 3 aromatic rings. The van der Waals surface area contributed by atoms with Gasteiger partial charge in [-0.3, -0.25) is 14.8 Å². The fraction of sp³-hybridized carbons (Fsp3) is 0.111. The quantitative estimate of drug-likeness (QED) is 0.690. The van der Waals surface area contributed by atoms with E-state index in [-0.39, 0.29) is 18.3 Å². The summed E-state index contributed by atoms with van der Waals surface area (Å²) in [6, 6.07) is 10.5. The maximum Gasteiger partial charge on any atom is 0.251 e. The number of rotatable bonds is 6. The summed E-state index contributed by atoms with van der Waals surface area (Å²) in [5.41, 5.74) is 7.70. The number of halogens is 1. The number of aromatic nitrogens is 3. The number of hydrogen-bond acceptors (Lipinski definition) is 6. The topological polar surface area (TPSA) is 103 Å². The SMILES string of the molecule is Cl.NCc1ccnc(Oc2cccc(C(=O)NCc3cnccn3)c2)c1. The van der Waals surface area contributed by atoms with E-state index in [0.717, 1.165) is 5.56 Å². The highest BCUT2D eigenvalue weighted by molar-refractivity contribution is 5.94. The first-order chi connectivity index (χ1) is 12.2. The normalized spacial score (nSPS) is 9.88. The van der Waals surface area contributed by atoms with Crippen LogP contribution in [0.4, 0.5) is 0 Å². The molecule has 0 radical (unpaired) electrons. The number of ether oxygens (including phenoxy) is 1. The molecule has 1 amide bonds. The Morgan fingerprint density at radius 1 is 1.12 bits per heavy atom. The van der Waals surface area contributed by atoms with Crippen molar-refractivity contribution in [2.75, 3.05) is 0 Å². The molecule has 3 rings (SSSR count). The average molecular weight is 372 g/mol. The third kappa shape index (κ3) is 5.23. The lowest BCUT2D eigenvalue weighted by atomic mass is 10.2. The first kappa shape index (κ1) is 19.3. The molecule has 134 valence electrons. The minimum absolute atomic E-state index is 0. The van der Waals surface area contributed by atoms with Gasteiger partial charge in [0.05, 0.1) is 18.4 Å². The second-order valence-electron chi connectivity index (χ2n) is 5.22. The third-order valence-electron chi connectivity index (χ3n) is 3.40. The molecule has 0 bridgehead atoms. The Morgan fingerprint density at radius 2 is 2.00 bits per heavy atom. The van der Waals surface area contributed by atoms with E-state index in [0.29, 0.717) is 36.0 Å². The van der Waals surface area contributed by atoms with Gasteiger partial charge in [0.25, 0.3) is 5.91 Å². The summed E-state index contributed by atoms with van der Waals surface area (Å²) >= 11 is 0. The van der Waals surface area contributed by atoms with Crippen LogP contribution in [0.25, 0.3) is 0 Å². The second kappa shape index (κ2) is 9.45. The zero-order valence-corrected chi connectivity index (χ0v) is 14.6. The highest BCUT2D eigenvalue weighted by Crippen LogP contribution is 2.21. The molecular formula is C18H18ClN5O2. The summed E-state index contributed by atoms with van der Waals surface area (Å²) in [5.74, 6) is 0.730. The largest absolute Gasteiger partial charge is 0.439 e. The van der Waals surface area contributed by atoms with E-state index in [2.05, 4.69) is 20.3 Å². The fourth-order valence-electron chi connectivity index (χ4n) is 2.15. The van der Waals surface area contributed by atoms with Gasteiger partial charge in [-0.25, -0.2) is 4.98 Å². The van der Waals surface area contributed by atoms with Gasteiger partial charge in [-0.15, -0.1) is 12.4 Å². The number of carbonyl (C=O) groups is 1. The van der Waals surface area contributed by atoms with E-state index in [1.54, 1.807) is 55.1 Å². The minimum Gasteiger partial charge on any atom is -0.439 e. The molecule has 0 atom stereocenters. The van der Waals surface area contributed by atoms with E-state index in [1.165, 1.54) is 0 Å². The Labute approximate surface area is 157 Å². The van der Waals surface area contributed by atoms with E-state index >= 15 is 0 Å². The van der Waals surface area contributed by atoms with Gasteiger partial charge >= 0.3 is 0 Å². The molecule has 0 saturated heterocycles. The van der Waals surface area contributed by atoms with Gasteiger partial charge in [0.2, 0.25) is 5.88 Å². The predicted octanol–water partition coefficient (Wildman–Crippen LogP) is 2.47. The lowest BCUT2D eigenvalue weighted by molar-refractivity contribution is 0.0950. The molecule has 2 heterocycles. The number of nitrogens with one attached hydrogen (secondary N) is 1. The van der Waals surface area contributed by atoms with Crippen molar-refractivity contribution in [2.45, 2.75) is 13.1 Å². The Balaban J connectivity index is 0.00000243. The van der Waals surface area contributed by atoms with Gasteiger partial charge in [0.15, 0.2) is 0 Å². The van der Waals surface area contributed by atoms with Gasteiger partial charge < -0.3 is 15.8 Å². The Kier molecular flexibility index (Phi) is 7.02. The van der Waals surface area contributed by atoms with Crippen molar-refractivity contribution >= 4 is 18.3 Å². The molecule has 0 unspecified atom stereocenters. The summed E-state index contributed by atoms with van der Waals surface area (Å²) in [6.07, 6.45) is 6.41. The molecule has 7 nitrogen and oxygen atoms in total. The Morgan fingerprint density at radius 3 is 2.77 bits per heavy atom. The lowest BCUT2D eigenvalue weighted by Gasteiger charge is -2.08. The van der Waals surface area contributed by atoms with Crippen LogP contribution in [0, 0.1) is 0 Å². The van der Waals surface area contributed by atoms with Crippen LogP contribution in [0.15, 0.2) is 61.2 Å². The predicted molar refractivity (Wildman–Crippen MR) is 99.1 cm³/mol. The van der Waals surface area contributed by atoms with Crippen molar-refractivity contribution < 1.29 is 9.53 Å². The van der Waals surface area contributed by atoms with Crippen molar-refractivity contribution in [3.8, 4) is 11.6 Å². The van der Waals surface area contributed by atoms with Crippen molar-refractivity contribution in [3.63, 3.8) is 0 Å².